The molecule has 0 aliphatic heterocycles. The van der Waals surface area contributed by atoms with Crippen molar-refractivity contribution >= 4 is 15.9 Å². The van der Waals surface area contributed by atoms with E-state index in [-0.39, 0.29) is 12.0 Å². The molecular formula is C13H13BrF2N2O. The highest BCUT2D eigenvalue weighted by Crippen LogP contribution is 2.26. The number of aliphatic hydroxyl groups excluding tert-OH is 1. The van der Waals surface area contributed by atoms with Crippen molar-refractivity contribution in [3.63, 3.8) is 0 Å². The molecule has 1 heterocycles. The minimum Gasteiger partial charge on any atom is -0.388 e. The van der Waals surface area contributed by atoms with E-state index >= 15 is 0 Å². The fraction of sp³-hybridized carbons (Fsp3) is 0.308. The van der Waals surface area contributed by atoms with E-state index in [1.54, 1.807) is 12.4 Å². The lowest BCUT2D eigenvalue weighted by molar-refractivity contribution is 0.164. The Morgan fingerprint density at radius 3 is 2.58 bits per heavy atom. The summed E-state index contributed by atoms with van der Waals surface area (Å²) in [6.07, 6.45) is 2.16. The maximum absolute atomic E-state index is 13.7. The van der Waals surface area contributed by atoms with Crippen molar-refractivity contribution < 1.29 is 13.9 Å². The van der Waals surface area contributed by atoms with Gasteiger partial charge in [0.15, 0.2) is 0 Å². The molecule has 0 radical (unpaired) electrons. The molecule has 1 aromatic heterocycles. The van der Waals surface area contributed by atoms with Gasteiger partial charge in [-0.05, 0) is 19.1 Å². The first-order valence-electron chi connectivity index (χ1n) is 5.85. The van der Waals surface area contributed by atoms with Crippen LogP contribution in [0.2, 0.25) is 0 Å². The minimum absolute atomic E-state index is 0.0658. The smallest absolute Gasteiger partial charge is 0.133 e. The summed E-state index contributed by atoms with van der Waals surface area (Å²) in [5.41, 5.74) is -0.325. The van der Waals surface area contributed by atoms with Crippen molar-refractivity contribution in [3.8, 4) is 0 Å². The summed E-state index contributed by atoms with van der Waals surface area (Å²) in [6, 6.07) is 2.27. The van der Waals surface area contributed by atoms with Gasteiger partial charge in [-0.15, -0.1) is 0 Å². The molecular weight excluding hydrogens is 318 g/mol. The van der Waals surface area contributed by atoms with Crippen LogP contribution in [0.15, 0.2) is 29.0 Å². The molecule has 0 fully saturated rings. The van der Waals surface area contributed by atoms with Gasteiger partial charge in [0, 0.05) is 29.8 Å². The normalized spacial score (nSPS) is 12.7. The van der Waals surface area contributed by atoms with Gasteiger partial charge in [-0.25, -0.2) is 13.8 Å². The molecule has 0 saturated carbocycles. The second-order valence-electron chi connectivity index (χ2n) is 4.13. The lowest BCUT2D eigenvalue weighted by Crippen LogP contribution is -2.11. The Balaban J connectivity index is 2.28. The fourth-order valence-corrected chi connectivity index (χ4v) is 2.37. The number of hydrogen-bond donors (Lipinski definition) is 1. The van der Waals surface area contributed by atoms with Crippen LogP contribution in [0.3, 0.4) is 0 Å². The Kier molecular flexibility index (Phi) is 4.31. The first kappa shape index (κ1) is 14.1. The third-order valence-corrected chi connectivity index (χ3v) is 3.35. The van der Waals surface area contributed by atoms with Crippen molar-refractivity contribution in [3.05, 3.63) is 52.0 Å². The van der Waals surface area contributed by atoms with E-state index in [2.05, 4.69) is 20.9 Å². The highest BCUT2D eigenvalue weighted by atomic mass is 79.9. The van der Waals surface area contributed by atoms with Gasteiger partial charge in [-0.2, -0.15) is 0 Å². The van der Waals surface area contributed by atoms with Crippen LogP contribution in [0.4, 0.5) is 8.78 Å². The van der Waals surface area contributed by atoms with Crippen LogP contribution in [0.5, 0.6) is 0 Å². The number of benzene rings is 1. The fourth-order valence-electron chi connectivity index (χ4n) is 1.96. The molecule has 2 rings (SSSR count). The molecule has 0 spiro atoms. The number of hydrogen-bond acceptors (Lipinski definition) is 2. The third kappa shape index (κ3) is 3.01. The average molecular weight is 331 g/mol. The first-order valence-corrected chi connectivity index (χ1v) is 6.64. The molecule has 1 unspecified atom stereocenters. The van der Waals surface area contributed by atoms with E-state index in [0.29, 0.717) is 16.8 Å². The zero-order chi connectivity index (χ0) is 14.0. The number of halogens is 3. The standard InChI is InChI=1S/C13H13BrF2N2O/c1-2-18-4-3-17-12(18)7-11(19)13-9(15)5-8(14)6-10(13)16/h3-6,11,19H,2,7H2,1H3. The van der Waals surface area contributed by atoms with Gasteiger partial charge >= 0.3 is 0 Å². The van der Waals surface area contributed by atoms with Crippen LogP contribution in [-0.2, 0) is 13.0 Å². The highest BCUT2D eigenvalue weighted by molar-refractivity contribution is 9.10. The maximum Gasteiger partial charge on any atom is 0.133 e. The van der Waals surface area contributed by atoms with Crippen molar-refractivity contribution in [1.29, 1.82) is 0 Å². The topological polar surface area (TPSA) is 38.0 Å². The number of nitrogens with zero attached hydrogens (tertiary/aromatic N) is 2. The molecule has 2 aromatic rings. The van der Waals surface area contributed by atoms with Gasteiger partial charge < -0.3 is 9.67 Å². The molecule has 3 nitrogen and oxygen atoms in total. The summed E-state index contributed by atoms with van der Waals surface area (Å²) in [5, 5.41) is 10.0. The van der Waals surface area contributed by atoms with Crippen LogP contribution in [0, 0.1) is 11.6 Å². The monoisotopic (exact) mass is 330 g/mol. The van der Waals surface area contributed by atoms with E-state index in [1.807, 2.05) is 11.5 Å². The van der Waals surface area contributed by atoms with Crippen molar-refractivity contribution in [2.75, 3.05) is 0 Å². The molecule has 6 heteroatoms. The molecule has 0 bridgehead atoms. The molecule has 1 N–H and O–H groups in total. The van der Waals surface area contributed by atoms with Gasteiger partial charge in [0.2, 0.25) is 0 Å². The number of aromatic nitrogens is 2. The summed E-state index contributed by atoms with van der Waals surface area (Å²) in [5.74, 6) is -0.945. The Bertz CT molecular complexity index is 563. The minimum atomic E-state index is -1.26. The number of aliphatic hydroxyl groups is 1. The summed E-state index contributed by atoms with van der Waals surface area (Å²) in [6.45, 7) is 2.62. The Hall–Kier alpha value is -1.27. The molecule has 19 heavy (non-hydrogen) atoms. The van der Waals surface area contributed by atoms with E-state index in [4.69, 9.17) is 0 Å². The van der Waals surface area contributed by atoms with Crippen molar-refractivity contribution in [2.24, 2.45) is 0 Å². The predicted molar refractivity (Wildman–Crippen MR) is 70.6 cm³/mol. The lowest BCUT2D eigenvalue weighted by Gasteiger charge is -2.14. The summed E-state index contributed by atoms with van der Waals surface area (Å²) < 4.78 is 29.5. The molecule has 0 saturated heterocycles. The van der Waals surface area contributed by atoms with Crippen LogP contribution in [0.1, 0.15) is 24.4 Å². The summed E-state index contributed by atoms with van der Waals surface area (Å²) >= 11 is 3.00. The SMILES string of the molecule is CCn1ccnc1CC(O)c1c(F)cc(Br)cc1F. The van der Waals surface area contributed by atoms with Gasteiger partial charge in [-0.3, -0.25) is 0 Å². The predicted octanol–water partition coefficient (Wildman–Crippen LogP) is 3.22. The van der Waals surface area contributed by atoms with E-state index in [9.17, 15) is 13.9 Å². The highest BCUT2D eigenvalue weighted by Gasteiger charge is 2.20. The van der Waals surface area contributed by atoms with Crippen LogP contribution < -0.4 is 0 Å². The molecule has 1 aromatic carbocycles. The summed E-state index contributed by atoms with van der Waals surface area (Å²) in [4.78, 5) is 4.08. The quantitative estimate of drug-likeness (QED) is 0.934. The number of rotatable bonds is 4. The molecule has 102 valence electrons. The molecule has 0 amide bonds. The van der Waals surface area contributed by atoms with E-state index < -0.39 is 17.7 Å². The molecule has 1 atom stereocenters. The van der Waals surface area contributed by atoms with Gasteiger partial charge in [0.1, 0.15) is 17.5 Å². The van der Waals surface area contributed by atoms with Gasteiger partial charge in [-0.1, -0.05) is 15.9 Å². The van der Waals surface area contributed by atoms with Gasteiger partial charge in [0.05, 0.1) is 11.7 Å². The molecule has 0 aliphatic carbocycles. The van der Waals surface area contributed by atoms with Crippen molar-refractivity contribution in [1.82, 2.24) is 9.55 Å². The van der Waals surface area contributed by atoms with Crippen LogP contribution in [0.25, 0.3) is 0 Å². The van der Waals surface area contributed by atoms with E-state index in [0.717, 1.165) is 12.1 Å². The molecule has 0 aliphatic rings. The van der Waals surface area contributed by atoms with Gasteiger partial charge in [0.25, 0.3) is 0 Å². The van der Waals surface area contributed by atoms with E-state index in [1.165, 1.54) is 0 Å². The average Bonchev–Trinajstić information content (AvgIpc) is 2.74. The third-order valence-electron chi connectivity index (χ3n) is 2.90. The summed E-state index contributed by atoms with van der Waals surface area (Å²) in [7, 11) is 0. The second kappa shape index (κ2) is 5.79. The first-order chi connectivity index (χ1) is 9.02. The van der Waals surface area contributed by atoms with Crippen LogP contribution in [-0.4, -0.2) is 14.7 Å². The second-order valence-corrected chi connectivity index (χ2v) is 5.05. The number of imidazole rings is 1. The lowest BCUT2D eigenvalue weighted by atomic mass is 10.0. The Morgan fingerprint density at radius 1 is 1.37 bits per heavy atom. The Labute approximate surface area is 118 Å². The largest absolute Gasteiger partial charge is 0.388 e. The maximum atomic E-state index is 13.7. The number of aryl methyl sites for hydroxylation is 1. The van der Waals surface area contributed by atoms with Crippen LogP contribution >= 0.6 is 15.9 Å². The Morgan fingerprint density at radius 2 is 2.00 bits per heavy atom. The zero-order valence-corrected chi connectivity index (χ0v) is 11.9. The van der Waals surface area contributed by atoms with Crippen molar-refractivity contribution in [2.45, 2.75) is 26.0 Å². The zero-order valence-electron chi connectivity index (χ0n) is 10.3.